The fourth-order valence-corrected chi connectivity index (χ4v) is 2.24. The number of benzene rings is 1. The van der Waals surface area contributed by atoms with Crippen LogP contribution >= 0.6 is 11.6 Å². The third-order valence-electron chi connectivity index (χ3n) is 1.97. The van der Waals surface area contributed by atoms with Gasteiger partial charge >= 0.3 is 5.38 Å². The minimum atomic E-state index is -3.66. The number of hydrogen-bond donors (Lipinski definition) is 0. The Hall–Kier alpha value is -0.940. The highest BCUT2D eigenvalue weighted by Crippen LogP contribution is 2.29. The van der Waals surface area contributed by atoms with Crippen molar-refractivity contribution in [1.29, 1.82) is 0 Å². The molecule has 1 unspecified atom stereocenters. The summed E-state index contributed by atoms with van der Waals surface area (Å²) in [6.07, 6.45) is 0. The number of alkyl halides is 3. The van der Waals surface area contributed by atoms with E-state index in [-0.39, 0.29) is 0 Å². The van der Waals surface area contributed by atoms with Gasteiger partial charge in [0.2, 0.25) is 0 Å². The van der Waals surface area contributed by atoms with Crippen LogP contribution in [0, 0.1) is 6.92 Å². The van der Waals surface area contributed by atoms with Crippen LogP contribution in [0.5, 0.6) is 0 Å². The highest BCUT2D eigenvalue weighted by Gasteiger charge is 2.33. The molecule has 2 nitrogen and oxygen atoms in total. The van der Waals surface area contributed by atoms with Crippen molar-refractivity contribution in [3.05, 3.63) is 41.0 Å². The van der Waals surface area contributed by atoms with Crippen LogP contribution in [-0.2, 0) is 15.5 Å². The van der Waals surface area contributed by atoms with Gasteiger partial charge in [0.05, 0.1) is 23.3 Å². The van der Waals surface area contributed by atoms with Gasteiger partial charge in [-0.15, -0.1) is 0 Å². The molecule has 1 atom stereocenters. The van der Waals surface area contributed by atoms with Gasteiger partial charge in [-0.1, -0.05) is 17.7 Å². The van der Waals surface area contributed by atoms with Crippen LogP contribution in [-0.4, -0.2) is 16.7 Å². The third-order valence-corrected chi connectivity index (χ3v) is 3.32. The summed E-state index contributed by atoms with van der Waals surface area (Å²) >= 11 is 4.80. The summed E-state index contributed by atoms with van der Waals surface area (Å²) in [7, 11) is -0.670. The number of hydrogen-bond acceptors (Lipinski definition) is 2. The third kappa shape index (κ3) is 4.09. The summed E-state index contributed by atoms with van der Waals surface area (Å²) in [6, 6.07) is 6.68. The molecule has 0 fully saturated rings. The standard InChI is InChI=1S/C11H11ClF2O2S/c1-8-3-5-9(6-4-8)17(15)7-10(16-2)11(12,13)14/h3-7H,1-2H3/b10-7+. The fraction of sp³-hybridized carbons (Fsp3) is 0.273. The van der Waals surface area contributed by atoms with E-state index in [2.05, 4.69) is 4.74 Å². The van der Waals surface area contributed by atoms with Crippen molar-refractivity contribution in [2.75, 3.05) is 7.11 Å². The maximum Gasteiger partial charge on any atom is 0.379 e. The van der Waals surface area contributed by atoms with Gasteiger partial charge in [0.1, 0.15) is 0 Å². The zero-order valence-electron chi connectivity index (χ0n) is 9.25. The summed E-state index contributed by atoms with van der Waals surface area (Å²) in [5.74, 6) is -0.821. The van der Waals surface area contributed by atoms with Crippen LogP contribution < -0.4 is 0 Å². The van der Waals surface area contributed by atoms with E-state index in [9.17, 15) is 13.0 Å². The number of halogens is 3. The number of rotatable bonds is 4. The van der Waals surface area contributed by atoms with E-state index in [1.807, 2.05) is 6.92 Å². The molecule has 94 valence electrons. The first-order valence-corrected chi connectivity index (χ1v) is 6.24. The number of ether oxygens (including phenoxy) is 1. The van der Waals surface area contributed by atoms with Crippen LogP contribution in [0.2, 0.25) is 0 Å². The normalized spacial score (nSPS) is 14.5. The summed E-state index contributed by atoms with van der Waals surface area (Å²) < 4.78 is 41.7. The topological polar surface area (TPSA) is 26.3 Å². The van der Waals surface area contributed by atoms with Crippen LogP contribution in [0.3, 0.4) is 0 Å². The van der Waals surface area contributed by atoms with Gasteiger partial charge in [-0.3, -0.25) is 0 Å². The summed E-state index contributed by atoms with van der Waals surface area (Å²) in [5, 5.41) is -2.85. The predicted octanol–water partition coefficient (Wildman–Crippen LogP) is 3.42. The second kappa shape index (κ2) is 5.60. The number of aryl methyl sites for hydroxylation is 1. The van der Waals surface area contributed by atoms with Crippen molar-refractivity contribution in [2.45, 2.75) is 17.2 Å². The molecule has 0 aliphatic heterocycles. The van der Waals surface area contributed by atoms with Gasteiger partial charge < -0.3 is 4.74 Å². The molecular formula is C11H11ClF2O2S. The van der Waals surface area contributed by atoms with Gasteiger partial charge in [-0.05, 0) is 30.7 Å². The number of allylic oxidation sites excluding steroid dienone is 1. The Balaban J connectivity index is 2.98. The van der Waals surface area contributed by atoms with Gasteiger partial charge in [0.15, 0.2) is 5.76 Å². The van der Waals surface area contributed by atoms with Crippen LogP contribution in [0.1, 0.15) is 5.56 Å². The second-order valence-corrected chi connectivity index (χ2v) is 5.07. The van der Waals surface area contributed by atoms with Gasteiger partial charge in [0.25, 0.3) is 0 Å². The van der Waals surface area contributed by atoms with Gasteiger partial charge in [0, 0.05) is 4.90 Å². The highest BCUT2D eigenvalue weighted by molar-refractivity contribution is 7.88. The Morgan fingerprint density at radius 2 is 1.94 bits per heavy atom. The summed E-state index contributed by atoms with van der Waals surface area (Å²) in [4.78, 5) is 0.408. The molecule has 0 spiro atoms. The molecule has 1 rings (SSSR count). The van der Waals surface area contributed by atoms with Crippen molar-refractivity contribution in [2.24, 2.45) is 0 Å². The first-order chi connectivity index (χ1) is 7.84. The summed E-state index contributed by atoms with van der Waals surface area (Å²) in [6.45, 7) is 1.87. The quantitative estimate of drug-likeness (QED) is 0.624. The molecule has 17 heavy (non-hydrogen) atoms. The van der Waals surface area contributed by atoms with Crippen molar-refractivity contribution < 1.29 is 17.7 Å². The van der Waals surface area contributed by atoms with Crippen LogP contribution in [0.15, 0.2) is 40.3 Å². The Morgan fingerprint density at radius 3 is 2.35 bits per heavy atom. The number of methoxy groups -OCH3 is 1. The van der Waals surface area contributed by atoms with Crippen molar-refractivity contribution >= 4 is 22.4 Å². The van der Waals surface area contributed by atoms with E-state index in [0.717, 1.165) is 18.1 Å². The Labute approximate surface area is 106 Å². The van der Waals surface area contributed by atoms with E-state index < -0.39 is 21.9 Å². The zero-order chi connectivity index (χ0) is 13.1. The minimum Gasteiger partial charge on any atom is -0.493 e. The highest BCUT2D eigenvalue weighted by atomic mass is 35.5. The lowest BCUT2D eigenvalue weighted by Gasteiger charge is -2.10. The molecule has 6 heteroatoms. The van der Waals surface area contributed by atoms with Crippen LogP contribution in [0.25, 0.3) is 0 Å². The van der Waals surface area contributed by atoms with Crippen LogP contribution in [0.4, 0.5) is 8.78 Å². The van der Waals surface area contributed by atoms with E-state index in [4.69, 9.17) is 11.6 Å². The molecule has 0 heterocycles. The molecule has 0 N–H and O–H groups in total. The SMILES string of the molecule is CO/C(=C/S(=O)c1ccc(C)cc1)C(F)(F)Cl. The van der Waals surface area contributed by atoms with E-state index in [0.29, 0.717) is 4.90 Å². The monoisotopic (exact) mass is 280 g/mol. The largest absolute Gasteiger partial charge is 0.493 e. The molecule has 0 aliphatic carbocycles. The zero-order valence-corrected chi connectivity index (χ0v) is 10.8. The lowest BCUT2D eigenvalue weighted by atomic mass is 10.2. The lowest BCUT2D eigenvalue weighted by molar-refractivity contribution is 0.0672. The molecule has 0 bridgehead atoms. The Bertz CT molecular complexity index is 438. The molecule has 0 aliphatic rings. The average Bonchev–Trinajstić information content (AvgIpc) is 2.24. The molecule has 0 amide bonds. The molecular weight excluding hydrogens is 270 g/mol. The molecule has 1 aromatic rings. The average molecular weight is 281 g/mol. The Kier molecular flexibility index (Phi) is 4.65. The molecule has 1 aromatic carbocycles. The van der Waals surface area contributed by atoms with Gasteiger partial charge in [-0.25, -0.2) is 4.21 Å². The van der Waals surface area contributed by atoms with Gasteiger partial charge in [-0.2, -0.15) is 8.78 Å². The van der Waals surface area contributed by atoms with Crippen molar-refractivity contribution in [3.63, 3.8) is 0 Å². The minimum absolute atomic E-state index is 0.408. The summed E-state index contributed by atoms with van der Waals surface area (Å²) in [5.41, 5.74) is 0.990. The fourth-order valence-electron chi connectivity index (χ4n) is 1.07. The maximum atomic E-state index is 12.8. The molecule has 0 saturated carbocycles. The maximum absolute atomic E-state index is 12.8. The van der Waals surface area contributed by atoms with E-state index >= 15 is 0 Å². The second-order valence-electron chi connectivity index (χ2n) is 3.29. The first-order valence-electron chi connectivity index (χ1n) is 4.65. The van der Waals surface area contributed by atoms with E-state index in [1.54, 1.807) is 24.3 Å². The van der Waals surface area contributed by atoms with E-state index in [1.165, 1.54) is 0 Å². The van der Waals surface area contributed by atoms with Crippen molar-refractivity contribution in [1.82, 2.24) is 0 Å². The Morgan fingerprint density at radius 1 is 1.41 bits per heavy atom. The smallest absolute Gasteiger partial charge is 0.379 e. The molecule has 0 aromatic heterocycles. The van der Waals surface area contributed by atoms with Crippen molar-refractivity contribution in [3.8, 4) is 0 Å². The first kappa shape index (κ1) is 14.1. The lowest BCUT2D eigenvalue weighted by Crippen LogP contribution is -2.12. The predicted molar refractivity (Wildman–Crippen MR) is 63.5 cm³/mol. The molecule has 0 saturated heterocycles. The molecule has 0 radical (unpaired) electrons.